The van der Waals surface area contributed by atoms with Crippen LogP contribution in [0.4, 0.5) is 10.1 Å². The maximum atomic E-state index is 13.5. The molecule has 0 aliphatic heterocycles. The number of fused-ring (bicyclic) bond motifs is 1. The largest absolute Gasteiger partial charge is 0.441 e. The molecule has 3 aromatic rings. The number of carbonyl (C=O) groups is 1. The van der Waals surface area contributed by atoms with Crippen molar-refractivity contribution in [1.29, 1.82) is 0 Å². The van der Waals surface area contributed by atoms with Gasteiger partial charge in [0.05, 0.1) is 12.1 Å². The molecule has 0 unspecified atom stereocenters. The minimum atomic E-state index is -0.452. The van der Waals surface area contributed by atoms with Gasteiger partial charge >= 0.3 is 0 Å². The monoisotopic (exact) mass is 284 g/mol. The number of aromatic nitrogens is 1. The van der Waals surface area contributed by atoms with E-state index >= 15 is 0 Å². The molecule has 2 aromatic carbocycles. The summed E-state index contributed by atoms with van der Waals surface area (Å²) in [4.78, 5) is 16.1. The summed E-state index contributed by atoms with van der Waals surface area (Å²) in [7, 11) is 0. The molecule has 3 rings (SSSR count). The number of hydrogen-bond acceptors (Lipinski definition) is 3. The summed E-state index contributed by atoms with van der Waals surface area (Å²) in [6.07, 6.45) is 0.143. The van der Waals surface area contributed by atoms with Crippen molar-refractivity contribution in [1.82, 2.24) is 4.98 Å². The second-order valence-electron chi connectivity index (χ2n) is 4.74. The van der Waals surface area contributed by atoms with E-state index < -0.39 is 5.82 Å². The molecule has 1 N–H and O–H groups in total. The van der Waals surface area contributed by atoms with E-state index in [2.05, 4.69) is 10.3 Å². The van der Waals surface area contributed by atoms with Crippen LogP contribution in [-0.4, -0.2) is 10.9 Å². The fourth-order valence-electron chi connectivity index (χ4n) is 2.14. The van der Waals surface area contributed by atoms with Crippen molar-refractivity contribution in [3.05, 3.63) is 59.7 Å². The van der Waals surface area contributed by atoms with Crippen LogP contribution < -0.4 is 5.32 Å². The van der Waals surface area contributed by atoms with Gasteiger partial charge in [-0.25, -0.2) is 9.37 Å². The Bertz CT molecular complexity index is 811. The first-order chi connectivity index (χ1) is 10.1. The van der Waals surface area contributed by atoms with E-state index in [4.69, 9.17) is 4.42 Å². The second-order valence-corrected chi connectivity index (χ2v) is 4.74. The second kappa shape index (κ2) is 5.36. The van der Waals surface area contributed by atoms with E-state index in [1.54, 1.807) is 31.2 Å². The zero-order valence-electron chi connectivity index (χ0n) is 11.4. The van der Waals surface area contributed by atoms with Gasteiger partial charge in [-0.3, -0.25) is 4.79 Å². The van der Waals surface area contributed by atoms with Gasteiger partial charge in [-0.1, -0.05) is 18.2 Å². The summed E-state index contributed by atoms with van der Waals surface area (Å²) in [5, 5.41) is 2.55. The van der Waals surface area contributed by atoms with Crippen molar-refractivity contribution in [2.24, 2.45) is 0 Å². The van der Waals surface area contributed by atoms with Gasteiger partial charge in [0, 0.05) is 6.92 Å². The number of nitrogens with one attached hydrogen (secondary N) is 1. The molecule has 0 spiro atoms. The van der Waals surface area contributed by atoms with Crippen LogP contribution in [0.15, 0.2) is 46.9 Å². The van der Waals surface area contributed by atoms with Crippen LogP contribution in [0.25, 0.3) is 11.1 Å². The lowest BCUT2D eigenvalue weighted by Crippen LogP contribution is -2.15. The summed E-state index contributed by atoms with van der Waals surface area (Å²) < 4.78 is 18.9. The van der Waals surface area contributed by atoms with E-state index in [1.165, 1.54) is 12.1 Å². The molecule has 0 saturated carbocycles. The number of benzene rings is 2. The molecule has 1 aromatic heterocycles. The molecule has 1 amide bonds. The first-order valence-electron chi connectivity index (χ1n) is 6.52. The van der Waals surface area contributed by atoms with Crippen LogP contribution in [0, 0.1) is 12.7 Å². The lowest BCUT2D eigenvalue weighted by atomic mass is 10.1. The fraction of sp³-hybridized carbons (Fsp3) is 0.125. The van der Waals surface area contributed by atoms with Crippen LogP contribution >= 0.6 is 0 Å². The van der Waals surface area contributed by atoms with Gasteiger partial charge in [0.25, 0.3) is 0 Å². The number of anilines is 1. The predicted molar refractivity (Wildman–Crippen MR) is 77.5 cm³/mol. The maximum Gasteiger partial charge on any atom is 0.228 e. The van der Waals surface area contributed by atoms with Gasteiger partial charge in [0.2, 0.25) is 5.91 Å². The van der Waals surface area contributed by atoms with Crippen molar-refractivity contribution >= 4 is 22.7 Å². The highest BCUT2D eigenvalue weighted by molar-refractivity contribution is 5.92. The van der Waals surface area contributed by atoms with Crippen LogP contribution in [0.2, 0.25) is 0 Å². The van der Waals surface area contributed by atoms with Crippen LogP contribution in [0.1, 0.15) is 11.5 Å². The number of para-hydroxylation sites is 1. The number of oxazole rings is 1. The zero-order valence-corrected chi connectivity index (χ0v) is 11.4. The summed E-state index contributed by atoms with van der Waals surface area (Å²) in [5.41, 5.74) is 2.36. The quantitative estimate of drug-likeness (QED) is 0.801. The summed E-state index contributed by atoms with van der Waals surface area (Å²) in [6.45, 7) is 1.77. The van der Waals surface area contributed by atoms with Gasteiger partial charge < -0.3 is 9.73 Å². The Hall–Kier alpha value is -2.69. The average molecular weight is 284 g/mol. The molecule has 1 heterocycles. The highest BCUT2D eigenvalue weighted by Gasteiger charge is 2.09. The van der Waals surface area contributed by atoms with Crippen LogP contribution in [0.3, 0.4) is 0 Å². The van der Waals surface area contributed by atoms with E-state index in [0.717, 1.165) is 11.1 Å². The maximum absolute atomic E-state index is 13.5. The highest BCUT2D eigenvalue weighted by Crippen LogP contribution is 2.18. The van der Waals surface area contributed by atoms with Gasteiger partial charge in [-0.05, 0) is 29.8 Å². The zero-order chi connectivity index (χ0) is 14.8. The molecule has 0 fully saturated rings. The molecule has 0 bridgehead atoms. The third-order valence-electron chi connectivity index (χ3n) is 3.07. The van der Waals surface area contributed by atoms with Gasteiger partial charge in [0.15, 0.2) is 11.5 Å². The lowest BCUT2D eigenvalue weighted by Gasteiger charge is -2.06. The van der Waals surface area contributed by atoms with Crippen LogP contribution in [-0.2, 0) is 11.2 Å². The first-order valence-corrected chi connectivity index (χ1v) is 6.52. The number of halogens is 1. The minimum Gasteiger partial charge on any atom is -0.441 e. The normalized spacial score (nSPS) is 10.8. The number of nitrogens with zero attached hydrogens (tertiary/aromatic N) is 1. The van der Waals surface area contributed by atoms with E-state index in [0.29, 0.717) is 11.5 Å². The molecule has 0 atom stereocenters. The summed E-state index contributed by atoms with van der Waals surface area (Å²) in [6, 6.07) is 11.5. The van der Waals surface area contributed by atoms with Gasteiger partial charge in [-0.15, -0.1) is 0 Å². The Labute approximate surface area is 120 Å². The number of rotatable bonds is 3. The SMILES string of the molecule is Cc1nc2ccc(CC(=O)Nc3ccccc3F)cc2o1. The van der Waals surface area contributed by atoms with Gasteiger partial charge in [0.1, 0.15) is 11.3 Å². The predicted octanol–water partition coefficient (Wildman–Crippen LogP) is 3.46. The summed E-state index contributed by atoms with van der Waals surface area (Å²) in [5.74, 6) is -0.152. The Morgan fingerprint density at radius 1 is 1.29 bits per heavy atom. The smallest absolute Gasteiger partial charge is 0.228 e. The third-order valence-corrected chi connectivity index (χ3v) is 3.07. The average Bonchev–Trinajstić information content (AvgIpc) is 2.80. The molecule has 21 heavy (non-hydrogen) atoms. The number of aryl methyl sites for hydroxylation is 1. The highest BCUT2D eigenvalue weighted by atomic mass is 19.1. The number of amides is 1. The molecule has 4 nitrogen and oxygen atoms in total. The Morgan fingerprint density at radius 2 is 2.10 bits per heavy atom. The van der Waals surface area contributed by atoms with Crippen molar-refractivity contribution in [3.63, 3.8) is 0 Å². The van der Waals surface area contributed by atoms with Crippen molar-refractivity contribution in [2.45, 2.75) is 13.3 Å². The third kappa shape index (κ3) is 2.91. The molecular weight excluding hydrogens is 271 g/mol. The standard InChI is InChI=1S/C16H13FN2O2/c1-10-18-14-7-6-11(8-15(14)21-10)9-16(20)19-13-5-3-2-4-12(13)17/h2-8H,9H2,1H3,(H,19,20). The lowest BCUT2D eigenvalue weighted by molar-refractivity contribution is -0.115. The number of hydrogen-bond donors (Lipinski definition) is 1. The van der Waals surface area contributed by atoms with Crippen LogP contribution in [0.5, 0.6) is 0 Å². The fourth-order valence-corrected chi connectivity index (χ4v) is 2.14. The molecular formula is C16H13FN2O2. The molecule has 5 heteroatoms. The van der Waals surface area contributed by atoms with Gasteiger partial charge in [-0.2, -0.15) is 0 Å². The molecule has 0 saturated heterocycles. The van der Waals surface area contributed by atoms with Crippen molar-refractivity contribution in [2.75, 3.05) is 5.32 Å². The Morgan fingerprint density at radius 3 is 2.90 bits per heavy atom. The minimum absolute atomic E-state index is 0.143. The Kier molecular flexibility index (Phi) is 3.39. The molecule has 0 aliphatic rings. The topological polar surface area (TPSA) is 55.1 Å². The van der Waals surface area contributed by atoms with Crippen molar-refractivity contribution < 1.29 is 13.6 Å². The Balaban J connectivity index is 1.75. The number of carbonyl (C=O) groups excluding carboxylic acids is 1. The molecule has 0 radical (unpaired) electrons. The van der Waals surface area contributed by atoms with E-state index in [1.807, 2.05) is 6.07 Å². The van der Waals surface area contributed by atoms with E-state index in [-0.39, 0.29) is 18.0 Å². The molecule has 0 aliphatic carbocycles. The first kappa shape index (κ1) is 13.3. The molecule has 106 valence electrons. The summed E-state index contributed by atoms with van der Waals surface area (Å²) >= 11 is 0. The van der Waals surface area contributed by atoms with E-state index in [9.17, 15) is 9.18 Å². The van der Waals surface area contributed by atoms with Crippen molar-refractivity contribution in [3.8, 4) is 0 Å².